The highest BCUT2D eigenvalue weighted by Gasteiger charge is 2.05. The molecule has 2 nitrogen and oxygen atoms in total. The summed E-state index contributed by atoms with van der Waals surface area (Å²) in [6.45, 7) is 0. The molecule has 1 aromatic heterocycles. The zero-order valence-electron chi connectivity index (χ0n) is 12.3. The number of aryl methyl sites for hydroxylation is 3. The van der Waals surface area contributed by atoms with E-state index < -0.39 is 5.97 Å². The molecule has 1 aromatic carbocycles. The number of unbranched alkanes of at least 4 members (excludes halogenated alkanes) is 1. The van der Waals surface area contributed by atoms with Crippen LogP contribution in [0.2, 0.25) is 0 Å². The fraction of sp³-hybridized carbons (Fsp3) is 0.389. The molecular weight excluding hydrogens is 280 g/mol. The first kappa shape index (κ1) is 15.8. The summed E-state index contributed by atoms with van der Waals surface area (Å²) in [5, 5.41) is 10.8. The molecule has 1 heterocycles. The van der Waals surface area contributed by atoms with Crippen LogP contribution in [0.4, 0.5) is 0 Å². The molecule has 2 rings (SSSR count). The summed E-state index contributed by atoms with van der Waals surface area (Å²) in [5.41, 5.74) is 2.85. The predicted molar refractivity (Wildman–Crippen MR) is 88.0 cm³/mol. The number of hydrogen-bond acceptors (Lipinski definition) is 2. The highest BCUT2D eigenvalue weighted by molar-refractivity contribution is 7.10. The van der Waals surface area contributed by atoms with E-state index in [9.17, 15) is 4.79 Å². The molecule has 0 aliphatic heterocycles. The molecule has 0 bridgehead atoms. The van der Waals surface area contributed by atoms with E-state index in [0.717, 1.165) is 32.1 Å². The Balaban J connectivity index is 1.74. The summed E-state index contributed by atoms with van der Waals surface area (Å²) in [4.78, 5) is 11.9. The maximum atomic E-state index is 10.5. The quantitative estimate of drug-likeness (QED) is 0.680. The van der Waals surface area contributed by atoms with Crippen LogP contribution in [-0.4, -0.2) is 11.1 Å². The van der Waals surface area contributed by atoms with Gasteiger partial charge in [-0.05, 0) is 61.1 Å². The van der Waals surface area contributed by atoms with E-state index in [4.69, 9.17) is 5.11 Å². The van der Waals surface area contributed by atoms with E-state index in [1.807, 2.05) is 11.3 Å². The summed E-state index contributed by atoms with van der Waals surface area (Å²) < 4.78 is 0. The van der Waals surface area contributed by atoms with Crippen LogP contribution in [0.1, 0.15) is 41.7 Å². The summed E-state index contributed by atoms with van der Waals surface area (Å²) in [5.74, 6) is -0.690. The molecule has 0 saturated heterocycles. The number of benzene rings is 1. The summed E-state index contributed by atoms with van der Waals surface area (Å²) in [7, 11) is 0. The monoisotopic (exact) mass is 302 g/mol. The lowest BCUT2D eigenvalue weighted by atomic mass is 10.0. The number of carbonyl (C=O) groups is 1. The molecule has 0 unspecified atom stereocenters. The second-order valence-electron chi connectivity index (χ2n) is 5.31. The van der Waals surface area contributed by atoms with Gasteiger partial charge < -0.3 is 5.11 Å². The van der Waals surface area contributed by atoms with Crippen molar-refractivity contribution in [3.63, 3.8) is 0 Å². The van der Waals surface area contributed by atoms with Gasteiger partial charge in [-0.2, -0.15) is 0 Å². The Morgan fingerprint density at radius 1 is 0.952 bits per heavy atom. The van der Waals surface area contributed by atoms with Gasteiger partial charge in [0.2, 0.25) is 0 Å². The van der Waals surface area contributed by atoms with Crippen LogP contribution in [0.3, 0.4) is 0 Å². The first-order valence-corrected chi connectivity index (χ1v) is 8.44. The molecule has 3 heteroatoms. The van der Waals surface area contributed by atoms with Crippen LogP contribution in [-0.2, 0) is 24.1 Å². The summed E-state index contributed by atoms with van der Waals surface area (Å²) in [6.07, 6.45) is 6.46. The molecule has 21 heavy (non-hydrogen) atoms. The van der Waals surface area contributed by atoms with Crippen molar-refractivity contribution in [2.45, 2.75) is 44.9 Å². The van der Waals surface area contributed by atoms with Crippen molar-refractivity contribution in [2.24, 2.45) is 0 Å². The van der Waals surface area contributed by atoms with Crippen LogP contribution >= 0.6 is 11.3 Å². The zero-order chi connectivity index (χ0) is 14.9. The molecule has 0 fully saturated rings. The van der Waals surface area contributed by atoms with Crippen LogP contribution in [0.25, 0.3) is 0 Å². The van der Waals surface area contributed by atoms with E-state index in [1.54, 1.807) is 0 Å². The molecule has 0 aliphatic carbocycles. The van der Waals surface area contributed by atoms with Gasteiger partial charge in [-0.25, -0.2) is 0 Å². The van der Waals surface area contributed by atoms with Crippen molar-refractivity contribution in [2.75, 3.05) is 0 Å². The average Bonchev–Trinajstić information content (AvgIpc) is 2.92. The molecule has 0 atom stereocenters. The standard InChI is InChI=1S/C18H22O2S/c19-18(20)12-5-4-11-17-16(13-14-21-17)10-6-9-15-7-2-1-3-8-15/h1-3,7-8,13-14H,4-6,9-12H2,(H,19,20). The van der Waals surface area contributed by atoms with E-state index in [2.05, 4.69) is 41.8 Å². The highest BCUT2D eigenvalue weighted by Crippen LogP contribution is 2.21. The first-order chi connectivity index (χ1) is 10.3. The molecular formula is C18H22O2S. The molecule has 0 saturated carbocycles. The van der Waals surface area contributed by atoms with E-state index in [-0.39, 0.29) is 6.42 Å². The number of carboxylic acid groups (broad SMARTS) is 1. The van der Waals surface area contributed by atoms with Crippen LogP contribution in [0.15, 0.2) is 41.8 Å². The Morgan fingerprint density at radius 2 is 1.76 bits per heavy atom. The third kappa shape index (κ3) is 5.72. The van der Waals surface area contributed by atoms with Gasteiger partial charge >= 0.3 is 5.97 Å². The number of aliphatic carboxylic acids is 1. The lowest BCUT2D eigenvalue weighted by molar-refractivity contribution is -0.137. The van der Waals surface area contributed by atoms with Gasteiger partial charge in [0.25, 0.3) is 0 Å². The topological polar surface area (TPSA) is 37.3 Å². The van der Waals surface area contributed by atoms with E-state index in [0.29, 0.717) is 0 Å². The number of rotatable bonds is 9. The normalized spacial score (nSPS) is 10.7. The number of thiophene rings is 1. The van der Waals surface area contributed by atoms with Gasteiger partial charge in [0.05, 0.1) is 0 Å². The Hall–Kier alpha value is -1.61. The Bertz CT molecular complexity index is 545. The molecule has 0 spiro atoms. The van der Waals surface area contributed by atoms with Gasteiger partial charge in [-0.15, -0.1) is 11.3 Å². The third-order valence-corrected chi connectivity index (χ3v) is 4.66. The lowest BCUT2D eigenvalue weighted by Gasteiger charge is -2.04. The summed E-state index contributed by atoms with van der Waals surface area (Å²) in [6, 6.07) is 12.8. The fourth-order valence-electron chi connectivity index (χ4n) is 2.50. The Kier molecular flexibility index (Phi) is 6.48. The van der Waals surface area contributed by atoms with Crippen LogP contribution < -0.4 is 0 Å². The van der Waals surface area contributed by atoms with Gasteiger partial charge in [0.15, 0.2) is 0 Å². The Labute approximate surface area is 130 Å². The van der Waals surface area contributed by atoms with Crippen LogP contribution in [0, 0.1) is 0 Å². The zero-order valence-corrected chi connectivity index (χ0v) is 13.1. The molecule has 1 N–H and O–H groups in total. The maximum Gasteiger partial charge on any atom is 0.303 e. The van der Waals surface area contributed by atoms with Crippen LogP contribution in [0.5, 0.6) is 0 Å². The van der Waals surface area contributed by atoms with E-state index in [1.165, 1.54) is 22.4 Å². The van der Waals surface area contributed by atoms with Gasteiger partial charge in [-0.1, -0.05) is 30.3 Å². The largest absolute Gasteiger partial charge is 0.481 e. The third-order valence-electron chi connectivity index (χ3n) is 3.64. The molecule has 0 radical (unpaired) electrons. The number of carboxylic acids is 1. The van der Waals surface area contributed by atoms with E-state index >= 15 is 0 Å². The summed E-state index contributed by atoms with van der Waals surface area (Å²) >= 11 is 1.81. The van der Waals surface area contributed by atoms with Crippen molar-refractivity contribution >= 4 is 17.3 Å². The van der Waals surface area contributed by atoms with Gasteiger partial charge in [0, 0.05) is 11.3 Å². The number of hydrogen-bond donors (Lipinski definition) is 1. The molecule has 112 valence electrons. The smallest absolute Gasteiger partial charge is 0.303 e. The second-order valence-corrected chi connectivity index (χ2v) is 6.31. The molecule has 0 aliphatic rings. The maximum absolute atomic E-state index is 10.5. The Morgan fingerprint density at radius 3 is 2.52 bits per heavy atom. The minimum atomic E-state index is -0.690. The molecule has 0 amide bonds. The highest BCUT2D eigenvalue weighted by atomic mass is 32.1. The molecule has 2 aromatic rings. The van der Waals surface area contributed by atoms with Crippen molar-refractivity contribution < 1.29 is 9.90 Å². The van der Waals surface area contributed by atoms with Crippen molar-refractivity contribution in [1.82, 2.24) is 0 Å². The van der Waals surface area contributed by atoms with Crippen molar-refractivity contribution in [3.8, 4) is 0 Å². The fourth-order valence-corrected chi connectivity index (χ4v) is 3.48. The predicted octanol–water partition coefficient (Wildman–Crippen LogP) is 4.72. The first-order valence-electron chi connectivity index (χ1n) is 7.56. The average molecular weight is 302 g/mol. The minimum Gasteiger partial charge on any atom is -0.481 e. The van der Waals surface area contributed by atoms with Gasteiger partial charge in [-0.3, -0.25) is 4.79 Å². The second kappa shape index (κ2) is 8.63. The SMILES string of the molecule is O=C(O)CCCCc1sccc1CCCc1ccccc1. The minimum absolute atomic E-state index is 0.286. The lowest BCUT2D eigenvalue weighted by Crippen LogP contribution is -1.96. The van der Waals surface area contributed by atoms with Crippen molar-refractivity contribution in [1.29, 1.82) is 0 Å². The van der Waals surface area contributed by atoms with Gasteiger partial charge in [0.1, 0.15) is 0 Å². The van der Waals surface area contributed by atoms with Crippen molar-refractivity contribution in [3.05, 3.63) is 57.8 Å².